The van der Waals surface area contributed by atoms with Crippen molar-refractivity contribution in [3.8, 4) is 11.5 Å². The highest BCUT2D eigenvalue weighted by atomic mass is 79.9. The number of methoxy groups -OCH3 is 2. The summed E-state index contributed by atoms with van der Waals surface area (Å²) < 4.78 is 17.4. The maximum absolute atomic E-state index is 11.6. The van der Waals surface area contributed by atoms with Crippen molar-refractivity contribution in [3.63, 3.8) is 0 Å². The molecule has 0 fully saturated rings. The van der Waals surface area contributed by atoms with Gasteiger partial charge in [0.05, 0.1) is 32.5 Å². The number of halogens is 2. The average Bonchev–Trinajstić information content (AvgIpc) is 3.44. The first-order valence-electron chi connectivity index (χ1n) is 9.64. The zero-order valence-electron chi connectivity index (χ0n) is 17.4. The highest BCUT2D eigenvalue weighted by Gasteiger charge is 2.32. The predicted octanol–water partition coefficient (Wildman–Crippen LogP) is 5.17. The first kappa shape index (κ1) is 24.3. The van der Waals surface area contributed by atoms with E-state index in [2.05, 4.69) is 31.9 Å². The quantitative estimate of drug-likeness (QED) is 0.443. The zero-order chi connectivity index (χ0) is 23.3. The Kier molecular flexibility index (Phi) is 8.31. The van der Waals surface area contributed by atoms with Crippen LogP contribution in [0.1, 0.15) is 28.9 Å². The lowest BCUT2D eigenvalue weighted by Gasteiger charge is -2.17. The van der Waals surface area contributed by atoms with Crippen molar-refractivity contribution in [1.82, 2.24) is 0 Å². The van der Waals surface area contributed by atoms with Crippen molar-refractivity contribution < 1.29 is 28.9 Å². The Morgan fingerprint density at radius 2 is 1.66 bits per heavy atom. The molecule has 1 heterocycles. The van der Waals surface area contributed by atoms with Crippen LogP contribution >= 0.6 is 31.9 Å². The van der Waals surface area contributed by atoms with Gasteiger partial charge in [0.2, 0.25) is 0 Å². The number of ether oxygens (including phenoxy) is 2. The molecule has 32 heavy (non-hydrogen) atoms. The number of hydrogen-bond acceptors (Lipinski definition) is 6. The number of benzene rings is 2. The number of furan rings is 1. The molecule has 3 unspecified atom stereocenters. The Balaban J connectivity index is 0.000000181. The molecule has 1 aromatic heterocycles. The lowest BCUT2D eigenvalue weighted by molar-refractivity contribution is -0.116. The van der Waals surface area contributed by atoms with Gasteiger partial charge >= 0.3 is 0 Å². The predicted molar refractivity (Wildman–Crippen MR) is 127 cm³/mol. The van der Waals surface area contributed by atoms with E-state index in [1.54, 1.807) is 44.6 Å². The van der Waals surface area contributed by atoms with Crippen LogP contribution in [0, 0.1) is 0 Å². The number of carbonyl (C=O) groups excluding carboxylic acids is 1. The lowest BCUT2D eigenvalue weighted by Crippen LogP contribution is -2.18. The topological polar surface area (TPSA) is 89.1 Å². The Bertz CT molecular complexity index is 1090. The molecule has 1 aliphatic rings. The number of rotatable bonds is 5. The van der Waals surface area contributed by atoms with Gasteiger partial charge in [-0.1, -0.05) is 50.1 Å². The highest BCUT2D eigenvalue weighted by molar-refractivity contribution is 9.10. The standard InChI is InChI=1S/2C12H11BrO3/c1-16-11-6-7(13)2-3-8(11)12-9(14)4-5-10(12)15;1-15-11-7-8(13)4-5-9(11)12(14)10-3-2-6-16-10/h2-6,9,12,14H,1H3;2-7,12,14H,1H3. The first-order valence-corrected chi connectivity index (χ1v) is 11.2. The third-order valence-corrected chi connectivity index (χ3v) is 5.93. The molecule has 0 amide bonds. The summed E-state index contributed by atoms with van der Waals surface area (Å²) in [5, 5.41) is 19.8. The number of carbonyl (C=O) groups is 1. The highest BCUT2D eigenvalue weighted by Crippen LogP contribution is 2.35. The van der Waals surface area contributed by atoms with Gasteiger partial charge in [-0.15, -0.1) is 0 Å². The molecule has 0 radical (unpaired) electrons. The zero-order valence-corrected chi connectivity index (χ0v) is 20.5. The Morgan fingerprint density at radius 3 is 2.22 bits per heavy atom. The van der Waals surface area contributed by atoms with E-state index in [1.807, 2.05) is 18.2 Å². The van der Waals surface area contributed by atoms with Crippen LogP contribution in [0.3, 0.4) is 0 Å². The SMILES string of the molecule is COc1cc(Br)ccc1C(O)c1ccco1.COc1cc(Br)ccc1C1C(=O)C=CC1O. The van der Waals surface area contributed by atoms with Crippen LogP contribution in [0.2, 0.25) is 0 Å². The molecule has 0 saturated carbocycles. The molecular weight excluding hydrogens is 544 g/mol. The monoisotopic (exact) mass is 564 g/mol. The molecule has 2 N–H and O–H groups in total. The second-order valence-corrected chi connectivity index (χ2v) is 8.75. The Labute approximate surface area is 202 Å². The molecule has 0 bridgehead atoms. The summed E-state index contributed by atoms with van der Waals surface area (Å²) in [6, 6.07) is 14.3. The fourth-order valence-corrected chi connectivity index (χ4v) is 4.05. The van der Waals surface area contributed by atoms with Crippen molar-refractivity contribution >= 4 is 37.6 Å². The van der Waals surface area contributed by atoms with Gasteiger partial charge in [0, 0.05) is 20.1 Å². The van der Waals surface area contributed by atoms with Gasteiger partial charge in [-0.2, -0.15) is 0 Å². The van der Waals surface area contributed by atoms with E-state index >= 15 is 0 Å². The van der Waals surface area contributed by atoms with Crippen LogP contribution < -0.4 is 9.47 Å². The van der Waals surface area contributed by atoms with E-state index < -0.39 is 18.1 Å². The van der Waals surface area contributed by atoms with E-state index in [-0.39, 0.29) is 5.78 Å². The summed E-state index contributed by atoms with van der Waals surface area (Å²) >= 11 is 6.68. The number of allylic oxidation sites excluding steroid dienone is 1. The van der Waals surface area contributed by atoms with Crippen molar-refractivity contribution in [2.45, 2.75) is 18.1 Å². The van der Waals surface area contributed by atoms with Crippen LogP contribution in [0.25, 0.3) is 0 Å². The molecule has 1 aliphatic carbocycles. The van der Waals surface area contributed by atoms with Gasteiger partial charge < -0.3 is 24.1 Å². The molecule has 3 aromatic rings. The summed E-state index contributed by atoms with van der Waals surface area (Å²) in [5.41, 5.74) is 1.40. The second kappa shape index (κ2) is 11.0. The Morgan fingerprint density at radius 1 is 1.00 bits per heavy atom. The van der Waals surface area contributed by atoms with Crippen molar-refractivity contribution in [1.29, 1.82) is 0 Å². The molecule has 3 atom stereocenters. The molecule has 4 rings (SSSR count). The van der Waals surface area contributed by atoms with Crippen LogP contribution in [-0.4, -0.2) is 36.3 Å². The van der Waals surface area contributed by atoms with Gasteiger partial charge in [0.1, 0.15) is 23.4 Å². The van der Waals surface area contributed by atoms with E-state index in [1.165, 1.54) is 18.4 Å². The maximum Gasteiger partial charge on any atom is 0.165 e. The van der Waals surface area contributed by atoms with Gasteiger partial charge in [0.15, 0.2) is 5.78 Å². The normalized spacial score (nSPS) is 18.1. The van der Waals surface area contributed by atoms with Crippen molar-refractivity contribution in [2.24, 2.45) is 0 Å². The third kappa shape index (κ3) is 5.50. The van der Waals surface area contributed by atoms with Gasteiger partial charge in [-0.3, -0.25) is 4.79 Å². The summed E-state index contributed by atoms with van der Waals surface area (Å²) in [6.07, 6.45) is 2.88. The number of ketones is 1. The molecule has 168 valence electrons. The van der Waals surface area contributed by atoms with E-state index in [4.69, 9.17) is 13.9 Å². The van der Waals surface area contributed by atoms with E-state index in [9.17, 15) is 15.0 Å². The number of aliphatic hydroxyl groups excluding tert-OH is 2. The van der Waals surface area contributed by atoms with Crippen molar-refractivity contribution in [2.75, 3.05) is 14.2 Å². The molecule has 0 spiro atoms. The van der Waals surface area contributed by atoms with E-state index in [0.29, 0.717) is 28.4 Å². The molecule has 8 heteroatoms. The van der Waals surface area contributed by atoms with Gasteiger partial charge in [-0.25, -0.2) is 0 Å². The molecular formula is C24H22Br2O6. The van der Waals surface area contributed by atoms with Crippen LogP contribution in [-0.2, 0) is 4.79 Å². The molecule has 2 aromatic carbocycles. The summed E-state index contributed by atoms with van der Waals surface area (Å²) in [6.45, 7) is 0. The smallest absolute Gasteiger partial charge is 0.165 e. The third-order valence-electron chi connectivity index (χ3n) is 4.94. The molecule has 0 aliphatic heterocycles. The lowest BCUT2D eigenvalue weighted by atomic mass is 9.93. The number of aliphatic hydroxyl groups is 2. The summed E-state index contributed by atoms with van der Waals surface area (Å²) in [7, 11) is 3.12. The molecule has 6 nitrogen and oxygen atoms in total. The van der Waals surface area contributed by atoms with Crippen molar-refractivity contribution in [3.05, 3.63) is 92.8 Å². The minimum absolute atomic E-state index is 0.0897. The first-order chi connectivity index (χ1) is 15.3. The summed E-state index contributed by atoms with van der Waals surface area (Å²) in [4.78, 5) is 11.6. The van der Waals surface area contributed by atoms with Crippen LogP contribution in [0.4, 0.5) is 0 Å². The van der Waals surface area contributed by atoms with E-state index in [0.717, 1.165) is 8.95 Å². The van der Waals surface area contributed by atoms with Crippen LogP contribution in [0.15, 0.2) is 80.3 Å². The fourth-order valence-electron chi connectivity index (χ4n) is 3.37. The van der Waals surface area contributed by atoms with Gasteiger partial charge in [0.25, 0.3) is 0 Å². The summed E-state index contributed by atoms with van der Waals surface area (Å²) in [5.74, 6) is 1.10. The molecule has 0 saturated heterocycles. The average molecular weight is 566 g/mol. The van der Waals surface area contributed by atoms with Gasteiger partial charge in [-0.05, 0) is 42.5 Å². The second-order valence-electron chi connectivity index (χ2n) is 6.92. The minimum atomic E-state index is -0.807. The fraction of sp³-hybridized carbons (Fsp3) is 0.208. The largest absolute Gasteiger partial charge is 0.496 e. The maximum atomic E-state index is 11.6. The van der Waals surface area contributed by atoms with Crippen LogP contribution in [0.5, 0.6) is 11.5 Å². The number of hydrogen-bond donors (Lipinski definition) is 2. The Hall–Kier alpha value is -2.39. The minimum Gasteiger partial charge on any atom is -0.496 e.